The van der Waals surface area contributed by atoms with Gasteiger partial charge in [0.1, 0.15) is 0 Å². The molecule has 5 rings (SSSR count). The van der Waals surface area contributed by atoms with E-state index >= 15 is 0 Å². The van der Waals surface area contributed by atoms with Crippen LogP contribution in [0.4, 0.5) is 23.1 Å². The van der Waals surface area contributed by atoms with Gasteiger partial charge >= 0.3 is 0 Å². The van der Waals surface area contributed by atoms with Crippen LogP contribution in [-0.2, 0) is 6.54 Å². The lowest BCUT2D eigenvalue weighted by molar-refractivity contribution is 0.234. The molecule has 1 saturated heterocycles. The maximum atomic E-state index is 5.11. The zero-order valence-electron chi connectivity index (χ0n) is 23.2. The Bertz CT molecular complexity index is 1070. The van der Waals surface area contributed by atoms with E-state index in [0.29, 0.717) is 24.1 Å². The highest BCUT2D eigenvalue weighted by Gasteiger charge is 2.36. The number of nitrogens with zero attached hydrogens (tertiary/aromatic N) is 5. The largest absolute Gasteiger partial charge is 0.368 e. The molecule has 1 saturated carbocycles. The third-order valence-corrected chi connectivity index (χ3v) is 8.52. The predicted octanol–water partition coefficient (Wildman–Crippen LogP) is 5.41. The third kappa shape index (κ3) is 5.93. The summed E-state index contributed by atoms with van der Waals surface area (Å²) in [4.78, 5) is 17.2. The van der Waals surface area contributed by atoms with Gasteiger partial charge in [-0.15, -0.1) is 0 Å². The molecule has 0 amide bonds. The molecular weight excluding hydrogens is 458 g/mol. The van der Waals surface area contributed by atoms with Crippen molar-refractivity contribution in [2.45, 2.75) is 83.5 Å². The molecule has 3 aliphatic rings. The smallest absolute Gasteiger partial charge is 0.229 e. The van der Waals surface area contributed by atoms with Crippen molar-refractivity contribution in [3.8, 4) is 0 Å². The summed E-state index contributed by atoms with van der Waals surface area (Å²) in [6.07, 6.45) is 15.1. The molecule has 1 atom stereocenters. The van der Waals surface area contributed by atoms with Crippen molar-refractivity contribution in [2.75, 3.05) is 48.8 Å². The number of aromatic nitrogens is 2. The molecule has 2 fully saturated rings. The van der Waals surface area contributed by atoms with Crippen LogP contribution in [0.5, 0.6) is 0 Å². The quantitative estimate of drug-likeness (QED) is 0.499. The Morgan fingerprint density at radius 3 is 2.59 bits per heavy atom. The number of likely N-dealkylation sites (N-methyl/N-ethyl adjacent to an activating group) is 1. The second kappa shape index (κ2) is 11.8. The van der Waals surface area contributed by atoms with Gasteiger partial charge in [0.05, 0.1) is 11.9 Å². The van der Waals surface area contributed by atoms with E-state index in [2.05, 4.69) is 83.6 Å². The molecule has 7 heteroatoms. The standard InChI is InChI=1S/C30H45N7/c1-5-9-22-18-25(13-12-23(22)19-31-24-14-16-35(3)17-15-24)33-30-32-20-28-29(34-30)37(27-10-7-8-11-27)26(6-2)21-36(28)4/h5,9,12-13,18,20,24,26-27,31H,6-8,10-11,14-17,19,21H2,1-4H3,(H,32,33,34)/b9-5+. The summed E-state index contributed by atoms with van der Waals surface area (Å²) in [6.45, 7) is 8.67. The van der Waals surface area contributed by atoms with Crippen LogP contribution in [-0.4, -0.2) is 66.7 Å². The molecule has 2 aliphatic heterocycles. The number of hydrogen-bond acceptors (Lipinski definition) is 7. The van der Waals surface area contributed by atoms with Gasteiger partial charge in [0.2, 0.25) is 5.95 Å². The lowest BCUT2D eigenvalue weighted by Crippen LogP contribution is -2.52. The van der Waals surface area contributed by atoms with Crippen molar-refractivity contribution in [1.29, 1.82) is 0 Å². The minimum atomic E-state index is 0.501. The number of rotatable bonds is 8. The van der Waals surface area contributed by atoms with E-state index in [1.54, 1.807) is 0 Å². The minimum Gasteiger partial charge on any atom is -0.368 e. The number of anilines is 4. The molecule has 1 unspecified atom stereocenters. The van der Waals surface area contributed by atoms with Crippen molar-refractivity contribution in [2.24, 2.45) is 0 Å². The summed E-state index contributed by atoms with van der Waals surface area (Å²) in [5, 5.41) is 7.31. The number of piperidine rings is 1. The van der Waals surface area contributed by atoms with Crippen LogP contribution in [0.15, 0.2) is 30.5 Å². The molecule has 3 heterocycles. The molecule has 0 radical (unpaired) electrons. The maximum Gasteiger partial charge on any atom is 0.229 e. The number of benzene rings is 1. The number of likely N-dealkylation sites (tertiary alicyclic amines) is 1. The Morgan fingerprint density at radius 1 is 1.08 bits per heavy atom. The van der Waals surface area contributed by atoms with Crippen LogP contribution >= 0.6 is 0 Å². The first kappa shape index (κ1) is 26.0. The molecule has 200 valence electrons. The Hall–Kier alpha value is -2.64. The molecule has 0 spiro atoms. The number of nitrogens with one attached hydrogen (secondary N) is 2. The number of allylic oxidation sites excluding steroid dienone is 1. The van der Waals surface area contributed by atoms with E-state index in [1.165, 1.54) is 62.7 Å². The molecule has 1 aromatic carbocycles. The Labute approximate surface area is 223 Å². The summed E-state index contributed by atoms with van der Waals surface area (Å²) < 4.78 is 0. The van der Waals surface area contributed by atoms with E-state index < -0.39 is 0 Å². The monoisotopic (exact) mass is 503 g/mol. The van der Waals surface area contributed by atoms with Gasteiger partial charge < -0.3 is 25.3 Å². The summed E-state index contributed by atoms with van der Waals surface area (Å²) >= 11 is 0. The van der Waals surface area contributed by atoms with Gasteiger partial charge in [-0.3, -0.25) is 0 Å². The zero-order valence-corrected chi connectivity index (χ0v) is 23.2. The van der Waals surface area contributed by atoms with Crippen molar-refractivity contribution in [1.82, 2.24) is 20.2 Å². The Morgan fingerprint density at radius 2 is 1.86 bits per heavy atom. The molecule has 7 nitrogen and oxygen atoms in total. The van der Waals surface area contributed by atoms with Gasteiger partial charge in [0, 0.05) is 44.0 Å². The second-order valence-corrected chi connectivity index (χ2v) is 11.2. The van der Waals surface area contributed by atoms with Crippen molar-refractivity contribution in [3.05, 3.63) is 41.6 Å². The van der Waals surface area contributed by atoms with Gasteiger partial charge in [-0.25, -0.2) is 4.98 Å². The third-order valence-electron chi connectivity index (χ3n) is 8.52. The SMILES string of the molecule is C/C=C/c1cc(Nc2ncc3c(n2)N(C2CCCC2)C(CC)CN3C)ccc1CNC1CCN(C)CC1. The molecule has 37 heavy (non-hydrogen) atoms. The second-order valence-electron chi connectivity index (χ2n) is 11.2. The molecule has 1 aromatic heterocycles. The first-order valence-electron chi connectivity index (χ1n) is 14.4. The summed E-state index contributed by atoms with van der Waals surface area (Å²) in [7, 11) is 4.39. The number of fused-ring (bicyclic) bond motifs is 1. The summed E-state index contributed by atoms with van der Waals surface area (Å²) in [5.74, 6) is 1.77. The van der Waals surface area contributed by atoms with Gasteiger partial charge in [0.15, 0.2) is 5.82 Å². The van der Waals surface area contributed by atoms with Gasteiger partial charge in [-0.1, -0.05) is 38.0 Å². The molecule has 1 aliphatic carbocycles. The molecular formula is C30H45N7. The topological polar surface area (TPSA) is 59.6 Å². The van der Waals surface area contributed by atoms with E-state index in [-0.39, 0.29) is 0 Å². The zero-order chi connectivity index (χ0) is 25.8. The van der Waals surface area contributed by atoms with Crippen LogP contribution in [0.2, 0.25) is 0 Å². The van der Waals surface area contributed by atoms with Crippen LogP contribution in [0, 0.1) is 0 Å². The van der Waals surface area contributed by atoms with Crippen LogP contribution in [0.3, 0.4) is 0 Å². The van der Waals surface area contributed by atoms with Crippen molar-refractivity contribution < 1.29 is 0 Å². The van der Waals surface area contributed by atoms with Crippen molar-refractivity contribution >= 4 is 29.2 Å². The highest BCUT2D eigenvalue weighted by atomic mass is 15.3. The van der Waals surface area contributed by atoms with Crippen LogP contribution < -0.4 is 20.4 Å². The fourth-order valence-electron chi connectivity index (χ4n) is 6.31. The summed E-state index contributed by atoms with van der Waals surface area (Å²) in [5.41, 5.74) is 4.74. The first-order chi connectivity index (χ1) is 18.1. The predicted molar refractivity (Wildman–Crippen MR) is 156 cm³/mol. The highest BCUT2D eigenvalue weighted by Crippen LogP contribution is 2.39. The molecule has 2 aromatic rings. The average Bonchev–Trinajstić information content (AvgIpc) is 3.43. The fourth-order valence-corrected chi connectivity index (χ4v) is 6.31. The Kier molecular flexibility index (Phi) is 8.30. The average molecular weight is 504 g/mol. The van der Waals surface area contributed by atoms with E-state index in [4.69, 9.17) is 9.97 Å². The van der Waals surface area contributed by atoms with Gasteiger partial charge in [0.25, 0.3) is 0 Å². The first-order valence-corrected chi connectivity index (χ1v) is 14.4. The number of hydrogen-bond donors (Lipinski definition) is 2. The highest BCUT2D eigenvalue weighted by molar-refractivity contribution is 5.72. The lowest BCUT2D eigenvalue weighted by atomic mass is 10.0. The maximum absolute atomic E-state index is 5.11. The Balaban J connectivity index is 1.34. The minimum absolute atomic E-state index is 0.501. The lowest BCUT2D eigenvalue weighted by Gasteiger charge is -2.45. The molecule has 2 N–H and O–H groups in total. The normalized spacial score (nSPS) is 21.7. The van der Waals surface area contributed by atoms with Gasteiger partial charge in [-0.2, -0.15) is 4.98 Å². The van der Waals surface area contributed by atoms with Crippen LogP contribution in [0.25, 0.3) is 6.08 Å². The molecule has 0 bridgehead atoms. The fraction of sp³-hybridized carbons (Fsp3) is 0.600. The van der Waals surface area contributed by atoms with Crippen molar-refractivity contribution in [3.63, 3.8) is 0 Å². The summed E-state index contributed by atoms with van der Waals surface area (Å²) in [6, 6.07) is 8.33. The van der Waals surface area contributed by atoms with Gasteiger partial charge in [-0.05, 0) is 82.4 Å². The van der Waals surface area contributed by atoms with E-state index in [1.807, 2.05) is 6.20 Å². The van der Waals surface area contributed by atoms with Crippen LogP contribution in [0.1, 0.15) is 69.9 Å². The van der Waals surface area contributed by atoms with E-state index in [9.17, 15) is 0 Å². The van der Waals surface area contributed by atoms with E-state index in [0.717, 1.165) is 36.7 Å².